The smallest absolute Gasteiger partial charge is 0.272 e. The third-order valence-corrected chi connectivity index (χ3v) is 7.14. The van der Waals surface area contributed by atoms with Gasteiger partial charge in [-0.3, -0.25) is 9.48 Å². The molecular weight excluding hydrogens is 475 g/mol. The van der Waals surface area contributed by atoms with E-state index in [1.165, 1.54) is 18.4 Å². The number of nitrogens with two attached hydrogens (primary N) is 1. The highest BCUT2D eigenvalue weighted by Gasteiger charge is 2.59. The van der Waals surface area contributed by atoms with Gasteiger partial charge in [-0.05, 0) is 55.8 Å². The number of amides is 1. The number of fused-ring (bicyclic) bond motifs is 1. The Morgan fingerprint density at radius 1 is 1.08 bits per heavy atom. The van der Waals surface area contributed by atoms with Crippen molar-refractivity contribution in [2.45, 2.75) is 25.5 Å². The van der Waals surface area contributed by atoms with E-state index in [1.54, 1.807) is 36.0 Å². The number of carbonyl (C=O) groups excluding carboxylic acids is 1. The number of carbonyl (C=O) groups is 1. The molecule has 1 amide bonds. The van der Waals surface area contributed by atoms with E-state index < -0.39 is 5.54 Å². The molecule has 0 radical (unpaired) electrons. The Hall–Kier alpha value is -4.05. The Bertz CT molecular complexity index is 1450. The number of hydrogen-bond acceptors (Lipinski definition) is 7. The van der Waals surface area contributed by atoms with E-state index in [1.807, 2.05) is 30.9 Å². The van der Waals surface area contributed by atoms with Crippen LogP contribution in [-0.4, -0.2) is 49.9 Å². The molecule has 1 aliphatic heterocycles. The van der Waals surface area contributed by atoms with Gasteiger partial charge in [-0.25, -0.2) is 9.37 Å². The number of pyridine rings is 1. The van der Waals surface area contributed by atoms with Crippen molar-refractivity contribution in [1.82, 2.24) is 24.8 Å². The Balaban J connectivity index is 1.16. The molecule has 1 saturated heterocycles. The minimum absolute atomic E-state index is 0.0222. The van der Waals surface area contributed by atoms with Crippen LogP contribution in [0.3, 0.4) is 0 Å². The molecule has 9 nitrogen and oxygen atoms in total. The summed E-state index contributed by atoms with van der Waals surface area (Å²) in [5.41, 5.74) is 9.79. The van der Waals surface area contributed by atoms with Gasteiger partial charge in [0.1, 0.15) is 35.3 Å². The summed E-state index contributed by atoms with van der Waals surface area (Å²) >= 11 is 0. The standard InChI is InChI=1S/C27H27FN6O3/c1-27(2,29)16-10-21(15-4-6-17(28)7-5-15)30-24(11-16)37-25-18-13-34(14-19(18)25)26(35)23-12-22(31-33(23)3)20-8-9-36-32-20/h4-12,18-19,25H,13-14,29H2,1-3H3/t18-,19+,25-. The number of aromatic nitrogens is 4. The van der Waals surface area contributed by atoms with Crippen molar-refractivity contribution in [3.8, 4) is 28.5 Å². The highest BCUT2D eigenvalue weighted by molar-refractivity contribution is 5.94. The zero-order valence-corrected chi connectivity index (χ0v) is 20.8. The normalized spacial score (nSPS) is 20.7. The molecule has 10 heteroatoms. The minimum Gasteiger partial charge on any atom is -0.474 e. The first kappa shape index (κ1) is 23.4. The van der Waals surface area contributed by atoms with Crippen LogP contribution in [0.1, 0.15) is 29.9 Å². The van der Waals surface area contributed by atoms with Crippen LogP contribution >= 0.6 is 0 Å². The van der Waals surface area contributed by atoms with Crippen LogP contribution in [0.15, 0.2) is 59.3 Å². The van der Waals surface area contributed by atoms with Crippen molar-refractivity contribution in [1.29, 1.82) is 0 Å². The number of rotatable bonds is 6. The molecule has 6 rings (SSSR count). The number of hydrogen-bond donors (Lipinski definition) is 1. The predicted molar refractivity (Wildman–Crippen MR) is 133 cm³/mol. The fourth-order valence-electron chi connectivity index (χ4n) is 4.96. The molecule has 0 bridgehead atoms. The van der Waals surface area contributed by atoms with Gasteiger partial charge >= 0.3 is 0 Å². The van der Waals surface area contributed by atoms with Crippen molar-refractivity contribution < 1.29 is 18.4 Å². The predicted octanol–water partition coefficient (Wildman–Crippen LogP) is 3.62. The van der Waals surface area contributed by atoms with Crippen molar-refractivity contribution in [2.24, 2.45) is 24.6 Å². The second-order valence-electron chi connectivity index (χ2n) is 10.4. The fraction of sp³-hybridized carbons (Fsp3) is 0.333. The van der Waals surface area contributed by atoms with Crippen LogP contribution in [0.2, 0.25) is 0 Å². The topological polar surface area (TPSA) is 112 Å². The van der Waals surface area contributed by atoms with E-state index in [-0.39, 0.29) is 29.7 Å². The number of nitrogens with zero attached hydrogens (tertiary/aromatic N) is 5. The molecule has 4 heterocycles. The largest absolute Gasteiger partial charge is 0.474 e. The number of aryl methyl sites for hydroxylation is 1. The second-order valence-corrected chi connectivity index (χ2v) is 10.4. The molecule has 37 heavy (non-hydrogen) atoms. The third kappa shape index (κ3) is 4.37. The van der Waals surface area contributed by atoms with E-state index in [4.69, 9.17) is 15.0 Å². The summed E-state index contributed by atoms with van der Waals surface area (Å²) in [7, 11) is 1.75. The maximum Gasteiger partial charge on any atom is 0.272 e. The minimum atomic E-state index is -0.605. The molecule has 1 aromatic carbocycles. The van der Waals surface area contributed by atoms with E-state index in [0.717, 1.165) is 11.1 Å². The average Bonchev–Trinajstić information content (AvgIpc) is 3.36. The number of piperidine rings is 1. The Labute approximate surface area is 213 Å². The van der Waals surface area contributed by atoms with Crippen LogP contribution in [0, 0.1) is 17.7 Å². The molecule has 2 fully saturated rings. The molecule has 2 N–H and O–H groups in total. The van der Waals surface area contributed by atoms with Gasteiger partial charge in [0.2, 0.25) is 5.88 Å². The van der Waals surface area contributed by atoms with Gasteiger partial charge in [-0.1, -0.05) is 5.16 Å². The molecular formula is C27H27FN6O3. The number of likely N-dealkylation sites (tertiary alicyclic amines) is 1. The molecule has 0 spiro atoms. The summed E-state index contributed by atoms with van der Waals surface area (Å²) in [4.78, 5) is 19.7. The van der Waals surface area contributed by atoms with Gasteiger partial charge in [-0.2, -0.15) is 5.10 Å². The first-order valence-corrected chi connectivity index (χ1v) is 12.2. The fourth-order valence-corrected chi connectivity index (χ4v) is 4.96. The zero-order chi connectivity index (χ0) is 25.9. The Kier molecular flexibility index (Phi) is 5.38. The van der Waals surface area contributed by atoms with Gasteiger partial charge < -0.3 is 19.9 Å². The number of benzene rings is 1. The molecule has 1 saturated carbocycles. The summed E-state index contributed by atoms with van der Waals surface area (Å²) in [6.07, 6.45) is 1.45. The lowest BCUT2D eigenvalue weighted by Gasteiger charge is -2.22. The van der Waals surface area contributed by atoms with Gasteiger partial charge in [0.15, 0.2) is 0 Å². The van der Waals surface area contributed by atoms with E-state index in [2.05, 4.69) is 15.2 Å². The Morgan fingerprint density at radius 3 is 2.46 bits per heavy atom. The molecule has 1 aliphatic carbocycles. The van der Waals surface area contributed by atoms with Crippen LogP contribution < -0.4 is 10.5 Å². The lowest BCUT2D eigenvalue weighted by atomic mass is 9.95. The average molecular weight is 503 g/mol. The quantitative estimate of drug-likeness (QED) is 0.429. The van der Waals surface area contributed by atoms with Gasteiger partial charge in [0.05, 0.1) is 5.69 Å². The van der Waals surface area contributed by atoms with E-state index in [0.29, 0.717) is 41.7 Å². The molecule has 3 atom stereocenters. The molecule has 0 unspecified atom stereocenters. The van der Waals surface area contributed by atoms with E-state index >= 15 is 0 Å². The highest BCUT2D eigenvalue weighted by atomic mass is 19.1. The maximum atomic E-state index is 13.4. The van der Waals surface area contributed by atoms with Crippen molar-refractivity contribution >= 4 is 5.91 Å². The van der Waals surface area contributed by atoms with E-state index in [9.17, 15) is 9.18 Å². The van der Waals surface area contributed by atoms with Crippen molar-refractivity contribution in [2.75, 3.05) is 13.1 Å². The second kappa shape index (κ2) is 8.52. The zero-order valence-electron chi connectivity index (χ0n) is 20.8. The number of halogens is 1. The highest BCUT2D eigenvalue weighted by Crippen LogP contribution is 2.48. The molecule has 4 aromatic rings. The first-order chi connectivity index (χ1) is 17.7. The summed E-state index contributed by atoms with van der Waals surface area (Å²) in [5.74, 6) is 0.576. The molecule has 3 aromatic heterocycles. The monoisotopic (exact) mass is 502 g/mol. The van der Waals surface area contributed by atoms with Crippen LogP contribution in [-0.2, 0) is 12.6 Å². The van der Waals surface area contributed by atoms with Gasteiger partial charge in [-0.15, -0.1) is 0 Å². The van der Waals surface area contributed by atoms with Crippen LogP contribution in [0.4, 0.5) is 4.39 Å². The molecule has 190 valence electrons. The lowest BCUT2D eigenvalue weighted by Crippen LogP contribution is -2.34. The maximum absolute atomic E-state index is 13.4. The Morgan fingerprint density at radius 2 is 1.81 bits per heavy atom. The van der Waals surface area contributed by atoms with Crippen LogP contribution in [0.25, 0.3) is 22.6 Å². The van der Waals surface area contributed by atoms with Crippen LogP contribution in [0.5, 0.6) is 5.88 Å². The summed E-state index contributed by atoms with van der Waals surface area (Å²) in [5, 5.41) is 8.29. The lowest BCUT2D eigenvalue weighted by molar-refractivity contribution is 0.0740. The third-order valence-electron chi connectivity index (χ3n) is 7.14. The summed E-state index contributed by atoms with van der Waals surface area (Å²) < 4.78 is 26.2. The summed E-state index contributed by atoms with van der Waals surface area (Å²) in [6, 6.07) is 13.4. The van der Waals surface area contributed by atoms with Gasteiger partial charge in [0, 0.05) is 55.2 Å². The number of ether oxygens (including phenoxy) is 1. The van der Waals surface area contributed by atoms with Gasteiger partial charge in [0.25, 0.3) is 5.91 Å². The summed E-state index contributed by atoms with van der Waals surface area (Å²) in [6.45, 7) is 5.04. The first-order valence-electron chi connectivity index (χ1n) is 12.2. The van der Waals surface area contributed by atoms with Crippen molar-refractivity contribution in [3.63, 3.8) is 0 Å². The van der Waals surface area contributed by atoms with Crippen molar-refractivity contribution in [3.05, 3.63) is 71.9 Å². The SMILES string of the molecule is Cn1nc(-c2ccon2)cc1C(=O)N1C[C@@H]2[C@H](C1)[C@@H]2Oc1cc(C(C)(C)N)cc(-c2ccc(F)cc2)n1. The molecule has 2 aliphatic rings.